The van der Waals surface area contributed by atoms with Crippen LogP contribution in [0.4, 0.5) is 0 Å². The van der Waals surface area contributed by atoms with Crippen molar-refractivity contribution in [3.05, 3.63) is 18.0 Å². The van der Waals surface area contributed by atoms with Crippen molar-refractivity contribution in [1.82, 2.24) is 10.3 Å². The lowest BCUT2D eigenvalue weighted by Gasteiger charge is -2.20. The van der Waals surface area contributed by atoms with E-state index in [1.807, 2.05) is 6.92 Å². The first-order valence-electron chi connectivity index (χ1n) is 8.65. The van der Waals surface area contributed by atoms with Crippen LogP contribution in [0, 0.1) is 5.92 Å². The van der Waals surface area contributed by atoms with Crippen LogP contribution < -0.4 is 10.1 Å². The van der Waals surface area contributed by atoms with Crippen LogP contribution in [0.1, 0.15) is 56.4 Å². The third kappa shape index (κ3) is 5.08. The molecule has 1 aliphatic rings. The molecule has 138 valence electrons. The largest absolute Gasteiger partial charge is 0.503 e. The zero-order chi connectivity index (χ0) is 18.4. The summed E-state index contributed by atoms with van der Waals surface area (Å²) >= 11 is 0. The van der Waals surface area contributed by atoms with Gasteiger partial charge in [0.1, 0.15) is 6.04 Å². The molecule has 25 heavy (non-hydrogen) atoms. The zero-order valence-corrected chi connectivity index (χ0v) is 14.9. The Hall–Kier alpha value is -2.31. The topological polar surface area (TPSA) is 97.8 Å². The van der Waals surface area contributed by atoms with E-state index < -0.39 is 17.9 Å². The average molecular weight is 350 g/mol. The molecule has 7 nitrogen and oxygen atoms in total. The molecule has 1 aromatic heterocycles. The first-order valence-corrected chi connectivity index (χ1v) is 8.65. The summed E-state index contributed by atoms with van der Waals surface area (Å²) in [6, 6.07) is 0.597. The van der Waals surface area contributed by atoms with Crippen LogP contribution >= 0.6 is 0 Å². The minimum absolute atomic E-state index is 0.139. The molecule has 0 radical (unpaired) electrons. The maximum Gasteiger partial charge on any atom is 0.328 e. The summed E-state index contributed by atoms with van der Waals surface area (Å²) in [5.41, 5.74) is -0.196. The molecule has 0 saturated heterocycles. The summed E-state index contributed by atoms with van der Waals surface area (Å²) in [7, 11) is 1.38. The molecule has 1 amide bonds. The number of carbonyl (C=O) groups is 2. The third-order valence-electron chi connectivity index (χ3n) is 4.48. The van der Waals surface area contributed by atoms with Crippen molar-refractivity contribution in [3.8, 4) is 11.5 Å². The molecule has 1 saturated carbocycles. The molecule has 0 unspecified atom stereocenters. The van der Waals surface area contributed by atoms with E-state index in [0.29, 0.717) is 5.92 Å². The van der Waals surface area contributed by atoms with E-state index in [2.05, 4.69) is 10.3 Å². The number of aromatic nitrogens is 1. The van der Waals surface area contributed by atoms with E-state index in [0.717, 1.165) is 6.42 Å². The number of esters is 1. The number of amides is 1. The first-order chi connectivity index (χ1) is 11.9. The van der Waals surface area contributed by atoms with Gasteiger partial charge in [-0.2, -0.15) is 0 Å². The number of methoxy groups -OCH3 is 1. The van der Waals surface area contributed by atoms with Crippen LogP contribution in [-0.4, -0.2) is 41.2 Å². The summed E-state index contributed by atoms with van der Waals surface area (Å²) in [6.07, 6.45) is 6.89. The van der Waals surface area contributed by atoms with Crippen molar-refractivity contribution >= 4 is 11.9 Å². The summed E-state index contributed by atoms with van der Waals surface area (Å²) in [5, 5.41) is 12.4. The minimum Gasteiger partial charge on any atom is -0.503 e. The number of pyridine rings is 1. The van der Waals surface area contributed by atoms with Gasteiger partial charge in [-0.3, -0.25) is 4.79 Å². The van der Waals surface area contributed by atoms with Gasteiger partial charge in [0.15, 0.2) is 17.2 Å². The van der Waals surface area contributed by atoms with Gasteiger partial charge in [-0.15, -0.1) is 0 Å². The lowest BCUT2D eigenvalue weighted by atomic mass is 10.0. The van der Waals surface area contributed by atoms with Crippen LogP contribution in [0.25, 0.3) is 0 Å². The van der Waals surface area contributed by atoms with Gasteiger partial charge in [0.05, 0.1) is 13.2 Å². The van der Waals surface area contributed by atoms with Crippen molar-refractivity contribution in [1.29, 1.82) is 0 Å². The van der Waals surface area contributed by atoms with Gasteiger partial charge in [0, 0.05) is 12.3 Å². The Kier molecular flexibility index (Phi) is 6.61. The van der Waals surface area contributed by atoms with Gasteiger partial charge in [-0.05, 0) is 26.2 Å². The average Bonchev–Trinajstić information content (AvgIpc) is 3.07. The summed E-state index contributed by atoms with van der Waals surface area (Å²) in [5.74, 6) is -0.769. The van der Waals surface area contributed by atoms with Crippen molar-refractivity contribution in [2.75, 3.05) is 7.11 Å². The fourth-order valence-electron chi connectivity index (χ4n) is 3.16. The van der Waals surface area contributed by atoms with Crippen LogP contribution in [0.15, 0.2) is 12.3 Å². The fraction of sp³-hybridized carbons (Fsp3) is 0.611. The molecule has 2 atom stereocenters. The molecule has 0 aromatic carbocycles. The molecule has 0 aliphatic heterocycles. The Morgan fingerprint density at radius 3 is 2.68 bits per heavy atom. The summed E-state index contributed by atoms with van der Waals surface area (Å²) < 4.78 is 10.4. The lowest BCUT2D eigenvalue weighted by Crippen LogP contribution is -2.41. The highest BCUT2D eigenvalue weighted by atomic mass is 16.5. The second-order valence-electron chi connectivity index (χ2n) is 6.54. The maximum absolute atomic E-state index is 12.2. The van der Waals surface area contributed by atoms with Crippen LogP contribution in [0.2, 0.25) is 0 Å². The van der Waals surface area contributed by atoms with E-state index in [9.17, 15) is 14.7 Å². The van der Waals surface area contributed by atoms with Crippen molar-refractivity contribution in [3.63, 3.8) is 0 Å². The predicted octanol–water partition coefficient (Wildman–Crippen LogP) is 2.43. The Balaban J connectivity index is 1.88. The van der Waals surface area contributed by atoms with E-state index in [1.54, 1.807) is 6.92 Å². The number of carbonyl (C=O) groups excluding carboxylic acids is 2. The molecule has 1 fully saturated rings. The summed E-state index contributed by atoms with van der Waals surface area (Å²) in [4.78, 5) is 28.2. The quantitative estimate of drug-likeness (QED) is 0.733. The Morgan fingerprint density at radius 1 is 1.36 bits per heavy atom. The second-order valence-corrected chi connectivity index (χ2v) is 6.54. The molecule has 7 heteroatoms. The third-order valence-corrected chi connectivity index (χ3v) is 4.48. The van der Waals surface area contributed by atoms with E-state index in [4.69, 9.17) is 9.47 Å². The first kappa shape index (κ1) is 19.0. The molecular weight excluding hydrogens is 324 g/mol. The SMILES string of the molecule is COc1ccnc(C(=O)N[C@@H](C)C(=O)O[C@@H](C)CC2CCCC2)c1O. The van der Waals surface area contributed by atoms with Gasteiger partial charge in [-0.25, -0.2) is 9.78 Å². The summed E-state index contributed by atoms with van der Waals surface area (Å²) in [6.45, 7) is 3.42. The highest BCUT2D eigenvalue weighted by molar-refractivity contribution is 5.97. The molecule has 2 N–H and O–H groups in total. The van der Waals surface area contributed by atoms with E-state index in [1.165, 1.54) is 45.1 Å². The van der Waals surface area contributed by atoms with Crippen LogP contribution in [0.3, 0.4) is 0 Å². The zero-order valence-electron chi connectivity index (χ0n) is 14.9. The molecule has 0 spiro atoms. The normalized spacial score (nSPS) is 16.9. The van der Waals surface area contributed by atoms with Gasteiger partial charge < -0.3 is 19.9 Å². The van der Waals surface area contributed by atoms with Gasteiger partial charge in [-0.1, -0.05) is 25.7 Å². The van der Waals surface area contributed by atoms with E-state index >= 15 is 0 Å². The molecule has 1 aliphatic carbocycles. The number of ether oxygens (including phenoxy) is 2. The Bertz CT molecular complexity index is 613. The number of hydrogen-bond donors (Lipinski definition) is 2. The highest BCUT2D eigenvalue weighted by Gasteiger charge is 2.25. The van der Waals surface area contributed by atoms with E-state index in [-0.39, 0.29) is 23.3 Å². The molecule has 0 bridgehead atoms. The van der Waals surface area contributed by atoms with Gasteiger partial charge in [0.25, 0.3) is 5.91 Å². The number of rotatable bonds is 7. The predicted molar refractivity (Wildman–Crippen MR) is 91.5 cm³/mol. The van der Waals surface area contributed by atoms with Crippen molar-refractivity contribution in [2.24, 2.45) is 5.92 Å². The standard InChI is InChI=1S/C18H26N2O5/c1-11(10-13-6-4-5-7-13)25-18(23)12(2)20-17(22)15-16(21)14(24-3)8-9-19-15/h8-9,11-13,21H,4-7,10H2,1-3H3,(H,20,22)/t11-,12-/m0/s1. The number of aromatic hydroxyl groups is 1. The van der Waals surface area contributed by atoms with Crippen molar-refractivity contribution < 1.29 is 24.2 Å². The van der Waals surface area contributed by atoms with Crippen LogP contribution in [-0.2, 0) is 9.53 Å². The second kappa shape index (κ2) is 8.69. The number of nitrogens with one attached hydrogen (secondary N) is 1. The Morgan fingerprint density at radius 2 is 2.04 bits per heavy atom. The monoisotopic (exact) mass is 350 g/mol. The highest BCUT2D eigenvalue weighted by Crippen LogP contribution is 2.29. The smallest absolute Gasteiger partial charge is 0.328 e. The number of nitrogens with zero attached hydrogens (tertiary/aromatic N) is 1. The Labute approximate surface area is 147 Å². The molecule has 1 heterocycles. The van der Waals surface area contributed by atoms with Gasteiger partial charge in [0.2, 0.25) is 0 Å². The van der Waals surface area contributed by atoms with Crippen LogP contribution in [0.5, 0.6) is 11.5 Å². The minimum atomic E-state index is -0.842. The molecule has 1 aromatic rings. The number of hydrogen-bond acceptors (Lipinski definition) is 6. The molecular formula is C18H26N2O5. The maximum atomic E-state index is 12.2. The fourth-order valence-corrected chi connectivity index (χ4v) is 3.16. The van der Waals surface area contributed by atoms with Crippen molar-refractivity contribution in [2.45, 2.75) is 58.1 Å². The van der Waals surface area contributed by atoms with Gasteiger partial charge >= 0.3 is 5.97 Å². The molecule has 2 rings (SSSR count). The lowest BCUT2D eigenvalue weighted by molar-refractivity contribution is -0.150.